The molecule has 1 amide bonds. The molecule has 72 valence electrons. The molecule has 0 bridgehead atoms. The van der Waals surface area contributed by atoms with Crippen LogP contribution >= 0.6 is 11.3 Å². The maximum Gasteiger partial charge on any atom is 0.221 e. The van der Waals surface area contributed by atoms with Gasteiger partial charge in [0.25, 0.3) is 0 Å². The van der Waals surface area contributed by atoms with E-state index in [0.29, 0.717) is 0 Å². The van der Waals surface area contributed by atoms with Crippen molar-refractivity contribution in [1.82, 2.24) is 4.98 Å². The largest absolute Gasteiger partial charge is 0.326 e. The Balaban J connectivity index is 2.60. The van der Waals surface area contributed by atoms with Gasteiger partial charge in [-0.1, -0.05) is 0 Å². The van der Waals surface area contributed by atoms with Crippen molar-refractivity contribution < 1.29 is 4.79 Å². The normalized spacial score (nSPS) is 10.4. The SMILES string of the molecule is CC(=O)Nc1cc(C)nc2sccc12. The van der Waals surface area contributed by atoms with Crippen LogP contribution in [0.15, 0.2) is 17.5 Å². The monoisotopic (exact) mass is 206 g/mol. The van der Waals surface area contributed by atoms with Crippen molar-refractivity contribution in [1.29, 1.82) is 0 Å². The quantitative estimate of drug-likeness (QED) is 0.779. The van der Waals surface area contributed by atoms with Crippen LogP contribution in [-0.2, 0) is 4.79 Å². The molecule has 0 atom stereocenters. The summed E-state index contributed by atoms with van der Waals surface area (Å²) in [5.41, 5.74) is 1.77. The molecule has 0 aromatic carbocycles. The average Bonchev–Trinajstić information content (AvgIpc) is 2.50. The number of pyridine rings is 1. The number of carbonyl (C=O) groups is 1. The lowest BCUT2D eigenvalue weighted by atomic mass is 10.2. The first-order valence-electron chi connectivity index (χ1n) is 4.29. The van der Waals surface area contributed by atoms with Gasteiger partial charge in [-0.05, 0) is 24.4 Å². The number of aromatic nitrogens is 1. The van der Waals surface area contributed by atoms with Crippen molar-refractivity contribution >= 4 is 33.1 Å². The molecule has 0 aliphatic carbocycles. The van der Waals surface area contributed by atoms with Crippen LogP contribution in [0, 0.1) is 6.92 Å². The number of fused-ring (bicyclic) bond motifs is 1. The second-order valence-electron chi connectivity index (χ2n) is 3.13. The molecule has 2 aromatic rings. The molecular weight excluding hydrogens is 196 g/mol. The first-order valence-corrected chi connectivity index (χ1v) is 5.17. The summed E-state index contributed by atoms with van der Waals surface area (Å²) in [6.45, 7) is 3.43. The Bertz CT molecular complexity index is 490. The fourth-order valence-corrected chi connectivity index (χ4v) is 2.20. The minimum atomic E-state index is -0.0527. The van der Waals surface area contributed by atoms with Gasteiger partial charge in [-0.15, -0.1) is 11.3 Å². The number of rotatable bonds is 1. The summed E-state index contributed by atoms with van der Waals surface area (Å²) in [5.74, 6) is -0.0527. The highest BCUT2D eigenvalue weighted by atomic mass is 32.1. The molecule has 0 fully saturated rings. The number of amides is 1. The Hall–Kier alpha value is -1.42. The molecule has 14 heavy (non-hydrogen) atoms. The lowest BCUT2D eigenvalue weighted by Crippen LogP contribution is -2.06. The first-order chi connectivity index (χ1) is 6.66. The third-order valence-electron chi connectivity index (χ3n) is 1.88. The topological polar surface area (TPSA) is 42.0 Å². The lowest BCUT2D eigenvalue weighted by molar-refractivity contribution is -0.114. The number of carbonyl (C=O) groups excluding carboxylic acids is 1. The predicted octanol–water partition coefficient (Wildman–Crippen LogP) is 2.56. The lowest BCUT2D eigenvalue weighted by Gasteiger charge is -2.04. The van der Waals surface area contributed by atoms with Crippen LogP contribution in [0.25, 0.3) is 10.2 Å². The van der Waals surface area contributed by atoms with Crippen LogP contribution in [0.1, 0.15) is 12.6 Å². The molecule has 0 radical (unpaired) electrons. The number of nitrogens with zero attached hydrogens (tertiary/aromatic N) is 1. The molecule has 3 nitrogen and oxygen atoms in total. The Morgan fingerprint density at radius 1 is 1.57 bits per heavy atom. The Morgan fingerprint density at radius 3 is 3.07 bits per heavy atom. The molecular formula is C10H10N2OS. The van der Waals surface area contributed by atoms with Crippen LogP contribution in [0.2, 0.25) is 0 Å². The van der Waals surface area contributed by atoms with E-state index in [9.17, 15) is 4.79 Å². The van der Waals surface area contributed by atoms with E-state index in [0.717, 1.165) is 21.6 Å². The molecule has 0 spiro atoms. The van der Waals surface area contributed by atoms with E-state index in [-0.39, 0.29) is 5.91 Å². The zero-order valence-corrected chi connectivity index (χ0v) is 8.81. The summed E-state index contributed by atoms with van der Waals surface area (Å²) in [4.78, 5) is 16.3. The van der Waals surface area contributed by atoms with Gasteiger partial charge in [0, 0.05) is 18.0 Å². The number of hydrogen-bond donors (Lipinski definition) is 1. The van der Waals surface area contributed by atoms with Crippen molar-refractivity contribution in [3.63, 3.8) is 0 Å². The van der Waals surface area contributed by atoms with E-state index in [1.54, 1.807) is 11.3 Å². The molecule has 0 aliphatic rings. The maximum absolute atomic E-state index is 11.0. The minimum Gasteiger partial charge on any atom is -0.326 e. The third kappa shape index (κ3) is 1.61. The Kier molecular flexibility index (Phi) is 2.21. The van der Waals surface area contributed by atoms with Crippen LogP contribution in [0.4, 0.5) is 5.69 Å². The summed E-state index contributed by atoms with van der Waals surface area (Å²) >= 11 is 1.58. The molecule has 2 heterocycles. The van der Waals surface area contributed by atoms with E-state index in [2.05, 4.69) is 10.3 Å². The first kappa shape index (κ1) is 9.15. The summed E-state index contributed by atoms with van der Waals surface area (Å²) in [5, 5.41) is 5.79. The summed E-state index contributed by atoms with van der Waals surface area (Å²) in [6, 6.07) is 3.86. The van der Waals surface area contributed by atoms with Crippen molar-refractivity contribution in [2.45, 2.75) is 13.8 Å². The van der Waals surface area contributed by atoms with Crippen molar-refractivity contribution in [3.05, 3.63) is 23.2 Å². The van der Waals surface area contributed by atoms with Gasteiger partial charge in [0.05, 0.1) is 5.69 Å². The summed E-state index contributed by atoms with van der Waals surface area (Å²) in [7, 11) is 0. The van der Waals surface area contributed by atoms with Crippen molar-refractivity contribution in [2.75, 3.05) is 5.32 Å². The standard InChI is InChI=1S/C10H10N2OS/c1-6-5-9(12-7(2)13)8-3-4-14-10(8)11-6/h3-5H,1-2H3,(H,11,12,13). The summed E-state index contributed by atoms with van der Waals surface area (Å²) in [6.07, 6.45) is 0. The molecule has 0 saturated carbocycles. The number of thiophene rings is 1. The number of aryl methyl sites for hydroxylation is 1. The molecule has 4 heteroatoms. The average molecular weight is 206 g/mol. The van der Waals surface area contributed by atoms with Gasteiger partial charge >= 0.3 is 0 Å². The van der Waals surface area contributed by atoms with Gasteiger partial charge in [-0.25, -0.2) is 4.98 Å². The van der Waals surface area contributed by atoms with Crippen molar-refractivity contribution in [3.8, 4) is 0 Å². The smallest absolute Gasteiger partial charge is 0.221 e. The highest BCUT2D eigenvalue weighted by molar-refractivity contribution is 7.16. The van der Waals surface area contributed by atoms with Crippen LogP contribution in [0.3, 0.4) is 0 Å². The summed E-state index contributed by atoms with van der Waals surface area (Å²) < 4.78 is 0. The van der Waals surface area contributed by atoms with Crippen LogP contribution < -0.4 is 5.32 Å². The van der Waals surface area contributed by atoms with Crippen LogP contribution in [0.5, 0.6) is 0 Å². The second kappa shape index (κ2) is 3.38. The van der Waals surface area contributed by atoms with Crippen molar-refractivity contribution in [2.24, 2.45) is 0 Å². The molecule has 2 aromatic heterocycles. The van der Waals surface area contributed by atoms with Gasteiger partial charge in [0.1, 0.15) is 4.83 Å². The Labute approximate surface area is 85.8 Å². The molecule has 0 unspecified atom stereocenters. The number of nitrogens with one attached hydrogen (secondary N) is 1. The third-order valence-corrected chi connectivity index (χ3v) is 2.68. The number of anilines is 1. The van der Waals surface area contributed by atoms with Gasteiger partial charge < -0.3 is 5.32 Å². The van der Waals surface area contributed by atoms with E-state index in [1.165, 1.54) is 6.92 Å². The van der Waals surface area contributed by atoms with Gasteiger partial charge in [-0.2, -0.15) is 0 Å². The Morgan fingerprint density at radius 2 is 2.36 bits per heavy atom. The molecule has 1 N–H and O–H groups in total. The zero-order valence-electron chi connectivity index (χ0n) is 8.00. The molecule has 0 saturated heterocycles. The van der Waals surface area contributed by atoms with Crippen LogP contribution in [-0.4, -0.2) is 10.9 Å². The van der Waals surface area contributed by atoms with Gasteiger partial charge in [0.2, 0.25) is 5.91 Å². The van der Waals surface area contributed by atoms with E-state index in [1.807, 2.05) is 24.4 Å². The van der Waals surface area contributed by atoms with Gasteiger partial charge in [-0.3, -0.25) is 4.79 Å². The highest BCUT2D eigenvalue weighted by Crippen LogP contribution is 2.27. The minimum absolute atomic E-state index is 0.0527. The fourth-order valence-electron chi connectivity index (χ4n) is 1.36. The molecule has 2 rings (SSSR count). The van der Waals surface area contributed by atoms with E-state index < -0.39 is 0 Å². The second-order valence-corrected chi connectivity index (χ2v) is 4.03. The van der Waals surface area contributed by atoms with E-state index >= 15 is 0 Å². The predicted molar refractivity (Wildman–Crippen MR) is 58.7 cm³/mol. The molecule has 0 aliphatic heterocycles. The van der Waals surface area contributed by atoms with Gasteiger partial charge in [0.15, 0.2) is 0 Å². The maximum atomic E-state index is 11.0. The number of hydrogen-bond acceptors (Lipinski definition) is 3. The zero-order chi connectivity index (χ0) is 10.1. The fraction of sp³-hybridized carbons (Fsp3) is 0.200. The van der Waals surface area contributed by atoms with E-state index in [4.69, 9.17) is 0 Å². The highest BCUT2D eigenvalue weighted by Gasteiger charge is 2.05.